The Morgan fingerprint density at radius 2 is 1.71 bits per heavy atom. The lowest BCUT2D eigenvalue weighted by atomic mass is 10.1. The number of halogens is 1. The van der Waals surface area contributed by atoms with E-state index in [4.69, 9.17) is 16.3 Å². The van der Waals surface area contributed by atoms with Crippen LogP contribution in [0.2, 0.25) is 5.02 Å². The normalized spacial score (nSPS) is 12.4. The van der Waals surface area contributed by atoms with E-state index < -0.39 is 0 Å². The summed E-state index contributed by atoms with van der Waals surface area (Å²) in [5.74, 6) is 0.0810. The maximum Gasteiger partial charge on any atom is 0.261 e. The number of ether oxygens (including phenoxy) is 1. The lowest BCUT2D eigenvalue weighted by Gasteiger charge is -2.23. The number of amides is 2. The Labute approximate surface area is 208 Å². The van der Waals surface area contributed by atoms with E-state index >= 15 is 0 Å². The molecule has 35 heavy (non-hydrogen) atoms. The Bertz CT molecular complexity index is 1410. The van der Waals surface area contributed by atoms with E-state index in [0.717, 1.165) is 23.5 Å². The van der Waals surface area contributed by atoms with Crippen LogP contribution < -0.4 is 14.5 Å². The molecule has 0 saturated heterocycles. The van der Waals surface area contributed by atoms with Gasteiger partial charge in [0.05, 0.1) is 19.2 Å². The van der Waals surface area contributed by atoms with E-state index in [2.05, 4.69) is 10.6 Å². The summed E-state index contributed by atoms with van der Waals surface area (Å²) >= 11 is 6.03. The van der Waals surface area contributed by atoms with Crippen molar-refractivity contribution in [1.82, 2.24) is 4.57 Å². The molecule has 0 N–H and O–H groups in total. The molecule has 0 bridgehead atoms. The summed E-state index contributed by atoms with van der Waals surface area (Å²) in [4.78, 5) is 30.0. The molecule has 0 unspecified atom stereocenters. The molecule has 2 heterocycles. The van der Waals surface area contributed by atoms with Crippen LogP contribution in [0, 0.1) is 0 Å². The number of hydrogen-bond acceptors (Lipinski definition) is 3. The lowest BCUT2D eigenvalue weighted by Crippen LogP contribution is -2.31. The summed E-state index contributed by atoms with van der Waals surface area (Å²) in [5.41, 5.74) is 4.70. The van der Waals surface area contributed by atoms with Crippen molar-refractivity contribution < 1.29 is 14.3 Å². The predicted molar refractivity (Wildman–Crippen MR) is 138 cm³/mol. The summed E-state index contributed by atoms with van der Waals surface area (Å²) in [7, 11) is 3.19. The van der Waals surface area contributed by atoms with Gasteiger partial charge in [0.25, 0.3) is 11.8 Å². The third kappa shape index (κ3) is 4.29. The Balaban J connectivity index is 1.41. The zero-order chi connectivity index (χ0) is 24.5. The van der Waals surface area contributed by atoms with Crippen LogP contribution in [0.3, 0.4) is 0 Å². The van der Waals surface area contributed by atoms with Gasteiger partial charge in [-0.15, -0.1) is 0 Å². The fourth-order valence-corrected chi connectivity index (χ4v) is 4.55. The Hall–Kier alpha value is -4.03. The molecule has 1 aliphatic rings. The first-order valence-electron chi connectivity index (χ1n) is 11.2. The number of para-hydroxylation sites is 1. The van der Waals surface area contributed by atoms with Crippen molar-refractivity contribution in [1.29, 1.82) is 0 Å². The van der Waals surface area contributed by atoms with Crippen molar-refractivity contribution in [3.05, 3.63) is 112 Å². The number of carbonyl (C=O) groups is 2. The number of rotatable bonds is 4. The molecule has 0 fully saturated rings. The molecule has 0 radical (unpaired) electrons. The van der Waals surface area contributed by atoms with Crippen molar-refractivity contribution in [2.75, 3.05) is 24.0 Å². The average Bonchev–Trinajstić information content (AvgIpc) is 3.26. The highest BCUT2D eigenvalue weighted by Crippen LogP contribution is 2.30. The van der Waals surface area contributed by atoms with Gasteiger partial charge in [-0.05, 0) is 66.2 Å². The van der Waals surface area contributed by atoms with Crippen LogP contribution >= 0.6 is 11.6 Å². The molecular weight excluding hydrogens is 462 g/mol. The molecule has 176 valence electrons. The Kier molecular flexibility index (Phi) is 6.05. The van der Waals surface area contributed by atoms with Gasteiger partial charge in [-0.25, -0.2) is 0 Å². The van der Waals surface area contributed by atoms with Gasteiger partial charge in [0.2, 0.25) is 0 Å². The van der Waals surface area contributed by atoms with Crippen molar-refractivity contribution in [2.45, 2.75) is 13.1 Å². The maximum atomic E-state index is 13.6. The molecule has 3 aromatic carbocycles. The molecule has 1 aliphatic heterocycles. The fourth-order valence-electron chi connectivity index (χ4n) is 4.39. The SMILES string of the molecule is COc1cc(Cl)ccc1C(=O)N(C)c1ccc(C(=O)N2Cc3cccn3Cc3ccccc32)cc1. The fraction of sp³-hybridized carbons (Fsp3) is 0.143. The summed E-state index contributed by atoms with van der Waals surface area (Å²) in [6, 6.07) is 24.0. The van der Waals surface area contributed by atoms with Crippen molar-refractivity contribution in [3.8, 4) is 5.75 Å². The predicted octanol–water partition coefficient (Wildman–Crippen LogP) is 5.64. The van der Waals surface area contributed by atoms with Gasteiger partial charge in [-0.1, -0.05) is 29.8 Å². The number of aromatic nitrogens is 1. The smallest absolute Gasteiger partial charge is 0.261 e. The van der Waals surface area contributed by atoms with Crippen molar-refractivity contribution in [2.24, 2.45) is 0 Å². The summed E-state index contributed by atoms with van der Waals surface area (Å²) < 4.78 is 7.49. The molecule has 0 aliphatic carbocycles. The van der Waals surface area contributed by atoms with E-state index in [1.54, 1.807) is 49.5 Å². The summed E-state index contributed by atoms with van der Waals surface area (Å²) in [6.07, 6.45) is 2.04. The van der Waals surface area contributed by atoms with Crippen LogP contribution in [0.4, 0.5) is 11.4 Å². The third-order valence-electron chi connectivity index (χ3n) is 6.31. The minimum Gasteiger partial charge on any atom is -0.496 e. The van der Waals surface area contributed by atoms with Gasteiger partial charge >= 0.3 is 0 Å². The largest absolute Gasteiger partial charge is 0.496 e. The summed E-state index contributed by atoms with van der Waals surface area (Å²) in [6.45, 7) is 1.21. The van der Waals surface area contributed by atoms with Crippen LogP contribution in [-0.2, 0) is 13.1 Å². The van der Waals surface area contributed by atoms with Gasteiger partial charge in [-0.2, -0.15) is 0 Å². The van der Waals surface area contributed by atoms with Crippen LogP contribution in [0.5, 0.6) is 5.75 Å². The third-order valence-corrected chi connectivity index (χ3v) is 6.55. The number of methoxy groups -OCH3 is 1. The van der Waals surface area contributed by atoms with E-state index in [1.807, 2.05) is 41.4 Å². The second-order valence-electron chi connectivity index (χ2n) is 8.40. The lowest BCUT2D eigenvalue weighted by molar-refractivity contribution is 0.0980. The molecule has 0 spiro atoms. The minimum absolute atomic E-state index is 0.0907. The quantitative estimate of drug-likeness (QED) is 0.376. The van der Waals surface area contributed by atoms with Crippen molar-refractivity contribution >= 4 is 34.8 Å². The highest BCUT2D eigenvalue weighted by molar-refractivity contribution is 6.31. The monoisotopic (exact) mass is 485 g/mol. The molecule has 0 saturated carbocycles. The van der Waals surface area contributed by atoms with E-state index in [-0.39, 0.29) is 11.8 Å². The summed E-state index contributed by atoms with van der Waals surface area (Å²) in [5, 5.41) is 0.492. The Morgan fingerprint density at radius 1 is 0.943 bits per heavy atom. The van der Waals surface area contributed by atoms with E-state index in [1.165, 1.54) is 12.0 Å². The zero-order valence-electron chi connectivity index (χ0n) is 19.4. The molecule has 4 aromatic rings. The van der Waals surface area contributed by atoms with Crippen LogP contribution in [0.1, 0.15) is 32.0 Å². The number of hydrogen-bond donors (Lipinski definition) is 0. The molecule has 2 amide bonds. The molecule has 6 nitrogen and oxygen atoms in total. The first-order valence-corrected chi connectivity index (χ1v) is 11.6. The molecule has 1 aromatic heterocycles. The zero-order valence-corrected chi connectivity index (χ0v) is 20.2. The first-order chi connectivity index (χ1) is 17.0. The number of fused-ring (bicyclic) bond motifs is 2. The number of nitrogens with zero attached hydrogens (tertiary/aromatic N) is 3. The number of anilines is 2. The first kappa shape index (κ1) is 22.7. The molecule has 7 heteroatoms. The van der Waals surface area contributed by atoms with Crippen LogP contribution in [0.25, 0.3) is 0 Å². The topological polar surface area (TPSA) is 54.8 Å². The molecular formula is C28H24ClN3O3. The van der Waals surface area contributed by atoms with Gasteiger partial charge in [-0.3, -0.25) is 9.59 Å². The Morgan fingerprint density at radius 3 is 2.49 bits per heavy atom. The molecule has 0 atom stereocenters. The minimum atomic E-state index is -0.236. The van der Waals surface area contributed by atoms with E-state index in [0.29, 0.717) is 34.1 Å². The maximum absolute atomic E-state index is 13.6. The van der Waals surface area contributed by atoms with Gasteiger partial charge in [0.15, 0.2) is 0 Å². The second kappa shape index (κ2) is 9.31. The standard InChI is InChI=1S/C28H24ClN3O3/c1-30(28(34)24-14-11-21(29)16-26(24)35-2)22-12-9-19(10-13-22)27(33)32-18-23-7-5-15-31(23)17-20-6-3-4-8-25(20)32/h3-16H,17-18H2,1-2H3. The van der Waals surface area contributed by atoms with Crippen LogP contribution in [0.15, 0.2) is 85.1 Å². The van der Waals surface area contributed by atoms with Crippen molar-refractivity contribution in [3.63, 3.8) is 0 Å². The molecule has 5 rings (SSSR count). The van der Waals surface area contributed by atoms with Gasteiger partial charge in [0.1, 0.15) is 5.75 Å². The number of benzene rings is 3. The highest BCUT2D eigenvalue weighted by atomic mass is 35.5. The van der Waals surface area contributed by atoms with E-state index in [9.17, 15) is 9.59 Å². The van der Waals surface area contributed by atoms with Gasteiger partial charge in [0, 0.05) is 47.4 Å². The van der Waals surface area contributed by atoms with Gasteiger partial charge < -0.3 is 19.1 Å². The highest BCUT2D eigenvalue weighted by Gasteiger charge is 2.25. The number of carbonyl (C=O) groups excluding carboxylic acids is 2. The second-order valence-corrected chi connectivity index (χ2v) is 8.84. The van der Waals surface area contributed by atoms with Crippen LogP contribution in [-0.4, -0.2) is 30.5 Å². The average molecular weight is 486 g/mol.